The van der Waals surface area contributed by atoms with Gasteiger partial charge in [-0.3, -0.25) is 0 Å². The third-order valence-corrected chi connectivity index (χ3v) is 5.11. The van der Waals surface area contributed by atoms with Crippen LogP contribution in [0.5, 0.6) is 5.75 Å². The molecule has 3 atom stereocenters. The van der Waals surface area contributed by atoms with Crippen molar-refractivity contribution in [2.75, 3.05) is 6.61 Å². The second-order valence-corrected chi connectivity index (χ2v) is 5.76. The van der Waals surface area contributed by atoms with Gasteiger partial charge in [-0.15, -0.1) is 0 Å². The van der Waals surface area contributed by atoms with Crippen molar-refractivity contribution >= 4 is 0 Å². The Balaban J connectivity index is 1.73. The molecule has 0 saturated heterocycles. The van der Waals surface area contributed by atoms with Crippen LogP contribution < -0.4 is 4.74 Å². The van der Waals surface area contributed by atoms with Gasteiger partial charge < -0.3 is 9.84 Å². The molecule has 1 aromatic rings. The number of rotatable bonds is 1. The van der Waals surface area contributed by atoms with Crippen LogP contribution in [0, 0.1) is 11.8 Å². The minimum absolute atomic E-state index is 0.308. The molecule has 2 heteroatoms. The summed E-state index contributed by atoms with van der Waals surface area (Å²) in [6.45, 7) is 0.753. The zero-order valence-electron chi connectivity index (χ0n) is 9.93. The lowest BCUT2D eigenvalue weighted by Gasteiger charge is -2.32. The summed E-state index contributed by atoms with van der Waals surface area (Å²) in [5, 5.41) is 10.9. The lowest BCUT2D eigenvalue weighted by molar-refractivity contribution is 0.0581. The van der Waals surface area contributed by atoms with Crippen molar-refractivity contribution in [1.29, 1.82) is 0 Å². The summed E-state index contributed by atoms with van der Waals surface area (Å²) in [5.74, 6) is 2.43. The van der Waals surface area contributed by atoms with Crippen molar-refractivity contribution in [1.82, 2.24) is 0 Å². The molecular weight excluding hydrogens is 212 g/mol. The van der Waals surface area contributed by atoms with Crippen molar-refractivity contribution in [3.05, 3.63) is 29.8 Å². The lowest BCUT2D eigenvalue weighted by Crippen LogP contribution is -2.30. The number of ether oxygens (including phenoxy) is 1. The van der Waals surface area contributed by atoms with E-state index in [0.29, 0.717) is 17.8 Å². The predicted octanol–water partition coefficient (Wildman–Crippen LogP) is 2.71. The molecule has 1 N–H and O–H groups in total. The van der Waals surface area contributed by atoms with Crippen LogP contribution in [0.25, 0.3) is 0 Å². The van der Waals surface area contributed by atoms with E-state index in [1.807, 2.05) is 12.1 Å². The molecule has 1 aliphatic heterocycles. The molecule has 1 aromatic carbocycles. The molecule has 4 rings (SSSR count). The van der Waals surface area contributed by atoms with Crippen LogP contribution in [-0.2, 0) is 0 Å². The van der Waals surface area contributed by atoms with Crippen molar-refractivity contribution in [3.63, 3.8) is 0 Å². The Kier molecular flexibility index (Phi) is 1.91. The Bertz CT molecular complexity index is 444. The molecule has 2 nitrogen and oxygen atoms in total. The van der Waals surface area contributed by atoms with Crippen LogP contribution in [-0.4, -0.2) is 17.3 Å². The number of aliphatic hydroxyl groups is 1. The normalized spacial score (nSPS) is 42.5. The van der Waals surface area contributed by atoms with Crippen LogP contribution in [0.15, 0.2) is 24.3 Å². The van der Waals surface area contributed by atoms with Gasteiger partial charge in [0.05, 0.1) is 12.2 Å². The zero-order valence-corrected chi connectivity index (χ0v) is 9.93. The van der Waals surface area contributed by atoms with E-state index in [0.717, 1.165) is 18.8 Å². The van der Waals surface area contributed by atoms with Gasteiger partial charge in [-0.25, -0.2) is 0 Å². The van der Waals surface area contributed by atoms with Gasteiger partial charge in [0.1, 0.15) is 5.75 Å². The van der Waals surface area contributed by atoms with Gasteiger partial charge >= 0.3 is 0 Å². The first-order valence-electron chi connectivity index (χ1n) is 6.76. The van der Waals surface area contributed by atoms with Gasteiger partial charge in [-0.1, -0.05) is 24.6 Å². The van der Waals surface area contributed by atoms with E-state index in [9.17, 15) is 5.11 Å². The van der Waals surface area contributed by atoms with Gasteiger partial charge in [0.2, 0.25) is 0 Å². The highest BCUT2D eigenvalue weighted by molar-refractivity contribution is 5.42. The Labute approximate surface area is 102 Å². The first-order valence-corrected chi connectivity index (χ1v) is 6.76. The van der Waals surface area contributed by atoms with Crippen LogP contribution in [0.1, 0.15) is 37.2 Å². The third-order valence-electron chi connectivity index (χ3n) is 5.11. The molecule has 3 unspecified atom stereocenters. The van der Waals surface area contributed by atoms with Gasteiger partial charge in [-0.2, -0.15) is 0 Å². The topological polar surface area (TPSA) is 29.5 Å². The average molecular weight is 230 g/mol. The van der Waals surface area contributed by atoms with Crippen LogP contribution in [0.3, 0.4) is 0 Å². The molecule has 1 heterocycles. The maximum atomic E-state index is 10.9. The maximum absolute atomic E-state index is 10.9. The monoisotopic (exact) mass is 230 g/mol. The number of para-hydroxylation sites is 1. The second kappa shape index (κ2) is 3.26. The van der Waals surface area contributed by atoms with Crippen LogP contribution in [0.4, 0.5) is 0 Å². The number of fused-ring (bicyclic) bond motifs is 2. The average Bonchev–Trinajstić information content (AvgIpc) is 2.79. The van der Waals surface area contributed by atoms with E-state index in [1.165, 1.54) is 24.8 Å². The minimum Gasteiger partial charge on any atom is -0.493 e. The first-order chi connectivity index (χ1) is 8.32. The molecule has 0 spiro atoms. The highest BCUT2D eigenvalue weighted by atomic mass is 16.5. The van der Waals surface area contributed by atoms with Crippen LogP contribution >= 0.6 is 0 Å². The molecule has 2 aliphatic carbocycles. The zero-order chi connectivity index (χ0) is 11.5. The van der Waals surface area contributed by atoms with Crippen molar-refractivity contribution < 1.29 is 9.84 Å². The molecular formula is C15H18O2. The Morgan fingerprint density at radius 1 is 1.12 bits per heavy atom. The molecule has 3 aliphatic rings. The highest BCUT2D eigenvalue weighted by Gasteiger charge is 2.69. The molecule has 90 valence electrons. The van der Waals surface area contributed by atoms with Gasteiger partial charge in [0.25, 0.3) is 0 Å². The summed E-state index contributed by atoms with van der Waals surface area (Å²) in [6.07, 6.45) is 4.73. The summed E-state index contributed by atoms with van der Waals surface area (Å²) in [7, 11) is 0. The van der Waals surface area contributed by atoms with Crippen LogP contribution in [0.2, 0.25) is 0 Å². The van der Waals surface area contributed by atoms with Crippen molar-refractivity contribution in [2.45, 2.75) is 37.2 Å². The number of hydrogen-bond donors (Lipinski definition) is 1. The summed E-state index contributed by atoms with van der Waals surface area (Å²) in [4.78, 5) is 0. The molecule has 0 aromatic heterocycles. The summed E-state index contributed by atoms with van der Waals surface area (Å²) >= 11 is 0. The fourth-order valence-corrected chi connectivity index (χ4v) is 4.31. The van der Waals surface area contributed by atoms with Gasteiger partial charge in [0.15, 0.2) is 0 Å². The quantitative estimate of drug-likeness (QED) is 0.803. The summed E-state index contributed by atoms with van der Waals surface area (Å²) in [6, 6.07) is 8.23. The second-order valence-electron chi connectivity index (χ2n) is 5.76. The number of hydrogen-bond acceptors (Lipinski definition) is 2. The maximum Gasteiger partial charge on any atom is 0.122 e. The largest absolute Gasteiger partial charge is 0.493 e. The van der Waals surface area contributed by atoms with Crippen molar-refractivity contribution in [2.24, 2.45) is 11.8 Å². The highest BCUT2D eigenvalue weighted by Crippen LogP contribution is 2.67. The molecule has 0 amide bonds. The fraction of sp³-hybridized carbons (Fsp3) is 0.600. The smallest absolute Gasteiger partial charge is 0.122 e. The van der Waals surface area contributed by atoms with E-state index < -0.39 is 5.60 Å². The lowest BCUT2D eigenvalue weighted by atomic mass is 9.83. The molecule has 17 heavy (non-hydrogen) atoms. The predicted molar refractivity (Wildman–Crippen MR) is 65.1 cm³/mol. The standard InChI is InChI=1S/C15H18O2/c16-15(12-5-3-6-13(12)15)11-8-9-17-14-7-2-1-4-10(11)14/h1-2,4,7,11-13,16H,3,5-6,8-9H2. The fourth-order valence-electron chi connectivity index (χ4n) is 4.31. The van der Waals surface area contributed by atoms with Gasteiger partial charge in [-0.05, 0) is 37.2 Å². The van der Waals surface area contributed by atoms with E-state index in [1.54, 1.807) is 0 Å². The minimum atomic E-state index is -0.405. The van der Waals surface area contributed by atoms with Gasteiger partial charge in [0, 0.05) is 11.5 Å². The van der Waals surface area contributed by atoms with E-state index in [2.05, 4.69) is 12.1 Å². The molecule has 2 fully saturated rings. The van der Waals surface area contributed by atoms with Crippen molar-refractivity contribution in [3.8, 4) is 5.75 Å². The Morgan fingerprint density at radius 2 is 1.88 bits per heavy atom. The van der Waals surface area contributed by atoms with E-state index in [-0.39, 0.29) is 0 Å². The SMILES string of the molecule is OC1(C2CCOc3ccccc32)C2CCCC21. The summed E-state index contributed by atoms with van der Waals surface area (Å²) in [5.41, 5.74) is 0.827. The third kappa shape index (κ3) is 1.19. The van der Waals surface area contributed by atoms with E-state index in [4.69, 9.17) is 4.74 Å². The molecule has 0 bridgehead atoms. The first kappa shape index (κ1) is 9.95. The Morgan fingerprint density at radius 3 is 2.71 bits per heavy atom. The summed E-state index contributed by atoms with van der Waals surface area (Å²) < 4.78 is 5.69. The Hall–Kier alpha value is -1.02. The molecule has 2 saturated carbocycles. The number of benzene rings is 1. The molecule has 0 radical (unpaired) electrons. The van der Waals surface area contributed by atoms with E-state index >= 15 is 0 Å².